The van der Waals surface area contributed by atoms with Crippen LogP contribution in [0.4, 0.5) is 0 Å². The Kier molecular flexibility index (Phi) is 3.58. The first-order chi connectivity index (χ1) is 11.2. The van der Waals surface area contributed by atoms with Crippen molar-refractivity contribution in [1.29, 1.82) is 0 Å². The summed E-state index contributed by atoms with van der Waals surface area (Å²) in [5, 5.41) is 7.18. The summed E-state index contributed by atoms with van der Waals surface area (Å²) in [6, 6.07) is 13.9. The van der Waals surface area contributed by atoms with Crippen molar-refractivity contribution in [2.45, 2.75) is 30.8 Å². The molecular weight excluding hydrogens is 310 g/mol. The van der Waals surface area contributed by atoms with Gasteiger partial charge in [-0.25, -0.2) is 0 Å². The molecule has 1 amide bonds. The number of carbonyl (C=O) groups is 1. The van der Waals surface area contributed by atoms with Crippen molar-refractivity contribution < 1.29 is 4.79 Å². The van der Waals surface area contributed by atoms with Gasteiger partial charge >= 0.3 is 0 Å². The molecule has 1 aromatic carbocycles. The summed E-state index contributed by atoms with van der Waals surface area (Å²) in [5.74, 6) is 0.133. The molecule has 23 heavy (non-hydrogen) atoms. The Labute approximate surface area is 140 Å². The molecule has 4 nitrogen and oxygen atoms in total. The first-order valence-corrected chi connectivity index (χ1v) is 8.33. The molecule has 2 atom stereocenters. The molecule has 0 unspecified atom stereocenters. The van der Waals surface area contributed by atoms with Gasteiger partial charge in [0.15, 0.2) is 0 Å². The summed E-state index contributed by atoms with van der Waals surface area (Å²) in [4.78, 5) is 16.9. The second-order valence-electron chi connectivity index (χ2n) is 6.28. The van der Waals surface area contributed by atoms with Gasteiger partial charge < -0.3 is 5.32 Å². The summed E-state index contributed by atoms with van der Waals surface area (Å²) in [5.41, 5.74) is 2.58. The first-order valence-electron chi connectivity index (χ1n) is 7.95. The molecule has 1 aromatic heterocycles. The minimum Gasteiger partial charge on any atom is -0.354 e. The average molecular weight is 328 g/mol. The van der Waals surface area contributed by atoms with Gasteiger partial charge in [0.1, 0.15) is 5.54 Å². The Morgan fingerprint density at radius 1 is 1.13 bits per heavy atom. The molecule has 2 fully saturated rings. The van der Waals surface area contributed by atoms with Gasteiger partial charge in [0.25, 0.3) is 0 Å². The summed E-state index contributed by atoms with van der Waals surface area (Å²) >= 11 is 5.95. The molecule has 3 heterocycles. The Morgan fingerprint density at radius 2 is 1.96 bits per heavy atom. The molecule has 2 aliphatic heterocycles. The van der Waals surface area contributed by atoms with E-state index in [9.17, 15) is 4.79 Å². The zero-order valence-electron chi connectivity index (χ0n) is 12.7. The SMILES string of the molecule is O=C1NCC[C@]12CC[C@H](c1cccc(-c3ccc(Cl)cc3)n1)N2. The van der Waals surface area contributed by atoms with Crippen LogP contribution in [-0.4, -0.2) is 23.0 Å². The van der Waals surface area contributed by atoms with Crippen LogP contribution in [0.5, 0.6) is 0 Å². The number of halogens is 1. The van der Waals surface area contributed by atoms with Crippen LogP contribution in [-0.2, 0) is 4.79 Å². The number of nitrogens with zero attached hydrogens (tertiary/aromatic N) is 1. The summed E-state index contributed by atoms with van der Waals surface area (Å²) < 4.78 is 0. The standard InChI is InChI=1S/C18H18ClN3O/c19-13-6-4-12(5-7-13)14-2-1-3-15(21-14)16-8-9-18(22-16)10-11-20-17(18)23/h1-7,16,22H,8-11H2,(H,20,23)/t16-,18-/m1/s1. The summed E-state index contributed by atoms with van der Waals surface area (Å²) in [7, 11) is 0. The van der Waals surface area contributed by atoms with Gasteiger partial charge in [-0.3, -0.25) is 15.1 Å². The lowest BCUT2D eigenvalue weighted by Gasteiger charge is -2.21. The zero-order valence-corrected chi connectivity index (χ0v) is 13.4. The van der Waals surface area contributed by atoms with E-state index in [4.69, 9.17) is 16.6 Å². The van der Waals surface area contributed by atoms with E-state index in [-0.39, 0.29) is 17.5 Å². The highest BCUT2D eigenvalue weighted by Crippen LogP contribution is 2.36. The molecule has 5 heteroatoms. The van der Waals surface area contributed by atoms with Gasteiger partial charge in [0.05, 0.1) is 17.4 Å². The molecule has 0 bridgehead atoms. The second kappa shape index (κ2) is 5.62. The van der Waals surface area contributed by atoms with Crippen molar-refractivity contribution in [3.8, 4) is 11.3 Å². The third-order valence-electron chi connectivity index (χ3n) is 4.85. The van der Waals surface area contributed by atoms with Crippen molar-refractivity contribution in [2.24, 2.45) is 0 Å². The Morgan fingerprint density at radius 3 is 2.70 bits per heavy atom. The topological polar surface area (TPSA) is 54.0 Å². The minimum atomic E-state index is -0.386. The van der Waals surface area contributed by atoms with E-state index in [1.54, 1.807) is 0 Å². The van der Waals surface area contributed by atoms with Crippen LogP contribution in [0.3, 0.4) is 0 Å². The van der Waals surface area contributed by atoms with Crippen LogP contribution in [0.1, 0.15) is 31.0 Å². The monoisotopic (exact) mass is 327 g/mol. The number of benzene rings is 1. The molecule has 0 saturated carbocycles. The second-order valence-corrected chi connectivity index (χ2v) is 6.71. The van der Waals surface area contributed by atoms with E-state index in [0.717, 1.165) is 47.8 Å². The van der Waals surface area contributed by atoms with Crippen LogP contribution < -0.4 is 10.6 Å². The maximum absolute atomic E-state index is 12.1. The predicted octanol–water partition coefficient (Wildman–Crippen LogP) is 3.09. The lowest BCUT2D eigenvalue weighted by Crippen LogP contribution is -2.47. The summed E-state index contributed by atoms with van der Waals surface area (Å²) in [6.45, 7) is 0.761. The highest BCUT2D eigenvalue weighted by molar-refractivity contribution is 6.30. The van der Waals surface area contributed by atoms with E-state index in [1.807, 2.05) is 42.5 Å². The Balaban J connectivity index is 1.60. The van der Waals surface area contributed by atoms with Gasteiger partial charge in [-0.05, 0) is 43.5 Å². The van der Waals surface area contributed by atoms with Gasteiger partial charge in [0, 0.05) is 17.1 Å². The van der Waals surface area contributed by atoms with Gasteiger partial charge in [0.2, 0.25) is 5.91 Å². The molecule has 0 aliphatic carbocycles. The lowest BCUT2D eigenvalue weighted by molar-refractivity contribution is -0.124. The first kappa shape index (κ1) is 14.7. The maximum Gasteiger partial charge on any atom is 0.240 e. The molecule has 4 rings (SSSR count). The fraction of sp³-hybridized carbons (Fsp3) is 0.333. The number of hydrogen-bond donors (Lipinski definition) is 2. The van der Waals surface area contributed by atoms with Crippen molar-refractivity contribution in [1.82, 2.24) is 15.6 Å². The van der Waals surface area contributed by atoms with E-state index in [2.05, 4.69) is 10.6 Å². The highest BCUT2D eigenvalue weighted by atomic mass is 35.5. The zero-order chi connectivity index (χ0) is 15.9. The Hall–Kier alpha value is -1.91. The number of hydrogen-bond acceptors (Lipinski definition) is 3. The largest absolute Gasteiger partial charge is 0.354 e. The van der Waals surface area contributed by atoms with Crippen molar-refractivity contribution >= 4 is 17.5 Å². The number of pyridine rings is 1. The average Bonchev–Trinajstić information content (AvgIpc) is 3.16. The van der Waals surface area contributed by atoms with E-state index < -0.39 is 0 Å². The number of rotatable bonds is 2. The van der Waals surface area contributed by atoms with Gasteiger partial charge in [-0.1, -0.05) is 29.8 Å². The van der Waals surface area contributed by atoms with E-state index in [0.29, 0.717) is 0 Å². The maximum atomic E-state index is 12.1. The molecule has 0 radical (unpaired) electrons. The molecule has 2 aromatic rings. The molecular formula is C18H18ClN3O. The highest BCUT2D eigenvalue weighted by Gasteiger charge is 2.48. The van der Waals surface area contributed by atoms with Crippen LogP contribution in [0.15, 0.2) is 42.5 Å². The molecule has 2 aliphatic rings. The predicted molar refractivity (Wildman–Crippen MR) is 90.2 cm³/mol. The quantitative estimate of drug-likeness (QED) is 0.891. The molecule has 2 saturated heterocycles. The Bertz CT molecular complexity index is 746. The third-order valence-corrected chi connectivity index (χ3v) is 5.10. The lowest BCUT2D eigenvalue weighted by atomic mass is 9.96. The van der Waals surface area contributed by atoms with Crippen molar-refractivity contribution in [3.05, 3.63) is 53.2 Å². The third kappa shape index (κ3) is 2.62. The van der Waals surface area contributed by atoms with Crippen molar-refractivity contribution in [2.75, 3.05) is 6.54 Å². The molecule has 2 N–H and O–H groups in total. The molecule has 1 spiro atoms. The molecule has 118 valence electrons. The number of amides is 1. The fourth-order valence-corrected chi connectivity index (χ4v) is 3.69. The van der Waals surface area contributed by atoms with Crippen LogP contribution in [0, 0.1) is 0 Å². The fourth-order valence-electron chi connectivity index (χ4n) is 3.57. The van der Waals surface area contributed by atoms with Crippen LogP contribution in [0.25, 0.3) is 11.3 Å². The van der Waals surface area contributed by atoms with Gasteiger partial charge in [-0.2, -0.15) is 0 Å². The smallest absolute Gasteiger partial charge is 0.240 e. The van der Waals surface area contributed by atoms with Gasteiger partial charge in [-0.15, -0.1) is 0 Å². The summed E-state index contributed by atoms with van der Waals surface area (Å²) in [6.07, 6.45) is 2.67. The number of carbonyl (C=O) groups excluding carboxylic acids is 1. The van der Waals surface area contributed by atoms with Crippen LogP contribution in [0.2, 0.25) is 5.02 Å². The minimum absolute atomic E-state index is 0.131. The number of nitrogens with one attached hydrogen (secondary N) is 2. The van der Waals surface area contributed by atoms with E-state index in [1.165, 1.54) is 0 Å². The van der Waals surface area contributed by atoms with Crippen LogP contribution >= 0.6 is 11.6 Å². The van der Waals surface area contributed by atoms with Crippen molar-refractivity contribution in [3.63, 3.8) is 0 Å². The number of aromatic nitrogens is 1. The normalized spacial score (nSPS) is 26.7. The van der Waals surface area contributed by atoms with E-state index >= 15 is 0 Å².